The number of benzene rings is 1. The molecule has 1 atom stereocenters. The minimum atomic E-state index is -0.121. The Morgan fingerprint density at radius 3 is 2.59 bits per heavy atom. The predicted octanol–water partition coefficient (Wildman–Crippen LogP) is 2.64. The molecule has 1 saturated carbocycles. The number of methoxy groups -OCH3 is 1. The highest BCUT2D eigenvalue weighted by Gasteiger charge is 2.26. The molecule has 90 valence electrons. The summed E-state index contributed by atoms with van der Waals surface area (Å²) in [6, 6.07) is 7.08. The molecular weight excluding hydrogens is 216 g/mol. The van der Waals surface area contributed by atoms with Gasteiger partial charge < -0.3 is 4.74 Å². The maximum atomic E-state index is 12.2. The third-order valence-corrected chi connectivity index (χ3v) is 3.23. The van der Waals surface area contributed by atoms with E-state index in [9.17, 15) is 9.59 Å². The van der Waals surface area contributed by atoms with Gasteiger partial charge in [0.25, 0.3) is 0 Å². The molecule has 0 aliphatic heterocycles. The first-order valence-corrected chi connectivity index (χ1v) is 5.90. The Hall–Kier alpha value is -1.64. The summed E-state index contributed by atoms with van der Waals surface area (Å²) in [5.41, 5.74) is 0.672. The van der Waals surface area contributed by atoms with Crippen molar-refractivity contribution in [2.75, 3.05) is 7.11 Å². The van der Waals surface area contributed by atoms with Crippen molar-refractivity contribution in [3.05, 3.63) is 29.8 Å². The van der Waals surface area contributed by atoms with Crippen molar-refractivity contribution in [1.29, 1.82) is 0 Å². The Labute approximate surface area is 101 Å². The highest BCUT2D eigenvalue weighted by Crippen LogP contribution is 2.25. The highest BCUT2D eigenvalue weighted by atomic mass is 16.5. The predicted molar refractivity (Wildman–Crippen MR) is 64.3 cm³/mol. The first-order chi connectivity index (χ1) is 8.20. The molecule has 1 aromatic carbocycles. The molecule has 2 rings (SSSR count). The Balaban J connectivity index is 2.10. The molecule has 0 bridgehead atoms. The van der Waals surface area contributed by atoms with Crippen LogP contribution in [0.4, 0.5) is 0 Å². The first-order valence-electron chi connectivity index (χ1n) is 5.90. The number of Topliss-reactive ketones (excluding diaryl/α,β-unsaturated/α-hetero) is 2. The molecule has 0 radical (unpaired) electrons. The van der Waals surface area contributed by atoms with Crippen LogP contribution in [0.5, 0.6) is 5.75 Å². The molecule has 0 spiro atoms. The molecule has 1 aliphatic rings. The molecule has 17 heavy (non-hydrogen) atoms. The van der Waals surface area contributed by atoms with E-state index in [1.54, 1.807) is 31.4 Å². The monoisotopic (exact) mass is 232 g/mol. The molecule has 1 aliphatic carbocycles. The van der Waals surface area contributed by atoms with Crippen molar-refractivity contribution >= 4 is 11.6 Å². The van der Waals surface area contributed by atoms with Gasteiger partial charge in [-0.15, -0.1) is 0 Å². The van der Waals surface area contributed by atoms with Gasteiger partial charge in [0.15, 0.2) is 5.78 Å². The smallest absolute Gasteiger partial charge is 0.166 e. The van der Waals surface area contributed by atoms with Crippen molar-refractivity contribution in [2.24, 2.45) is 5.92 Å². The van der Waals surface area contributed by atoms with Gasteiger partial charge in [0.05, 0.1) is 7.11 Å². The zero-order valence-corrected chi connectivity index (χ0v) is 9.94. The number of rotatable bonds is 3. The Bertz CT molecular complexity index is 420. The Morgan fingerprint density at radius 1 is 1.29 bits per heavy atom. The largest absolute Gasteiger partial charge is 0.497 e. The summed E-state index contributed by atoms with van der Waals surface area (Å²) in [7, 11) is 1.59. The van der Waals surface area contributed by atoms with Crippen LogP contribution in [-0.2, 0) is 4.79 Å². The van der Waals surface area contributed by atoms with E-state index in [0.717, 1.165) is 18.6 Å². The number of hydrogen-bond donors (Lipinski definition) is 0. The maximum Gasteiger partial charge on any atom is 0.166 e. The number of hydrogen-bond acceptors (Lipinski definition) is 3. The van der Waals surface area contributed by atoms with Crippen LogP contribution in [0, 0.1) is 5.92 Å². The summed E-state index contributed by atoms with van der Waals surface area (Å²) in [6.45, 7) is 0. The van der Waals surface area contributed by atoms with E-state index in [1.165, 1.54) is 0 Å². The summed E-state index contributed by atoms with van der Waals surface area (Å²) in [5.74, 6) is 0.912. The van der Waals surface area contributed by atoms with Crippen LogP contribution >= 0.6 is 0 Å². The molecule has 0 saturated heterocycles. The van der Waals surface area contributed by atoms with Gasteiger partial charge in [-0.3, -0.25) is 9.59 Å². The number of carbonyl (C=O) groups is 2. The summed E-state index contributed by atoms with van der Waals surface area (Å²) in [4.78, 5) is 23.5. The zero-order valence-electron chi connectivity index (χ0n) is 9.94. The second-order valence-corrected chi connectivity index (χ2v) is 4.42. The lowest BCUT2D eigenvalue weighted by Crippen LogP contribution is -2.22. The van der Waals surface area contributed by atoms with Crippen LogP contribution < -0.4 is 4.74 Å². The van der Waals surface area contributed by atoms with Gasteiger partial charge in [0, 0.05) is 24.3 Å². The summed E-state index contributed by atoms with van der Waals surface area (Å²) in [6.07, 6.45) is 2.71. The van der Waals surface area contributed by atoms with Crippen molar-refractivity contribution < 1.29 is 14.3 Å². The molecule has 1 fully saturated rings. The van der Waals surface area contributed by atoms with E-state index in [2.05, 4.69) is 0 Å². The Kier molecular flexibility index (Phi) is 3.57. The fourth-order valence-corrected chi connectivity index (χ4v) is 2.24. The van der Waals surface area contributed by atoms with Crippen LogP contribution in [0.25, 0.3) is 0 Å². The summed E-state index contributed by atoms with van der Waals surface area (Å²) >= 11 is 0. The molecule has 1 unspecified atom stereocenters. The normalized spacial score (nSPS) is 20.1. The molecule has 0 amide bonds. The van der Waals surface area contributed by atoms with Crippen molar-refractivity contribution in [2.45, 2.75) is 25.7 Å². The van der Waals surface area contributed by atoms with Crippen LogP contribution in [-0.4, -0.2) is 18.7 Å². The SMILES string of the molecule is COc1ccc(C(=O)C2CCCC(=O)C2)cc1. The minimum absolute atomic E-state index is 0.0840. The molecular formula is C14H16O3. The number of ether oxygens (including phenoxy) is 1. The third-order valence-electron chi connectivity index (χ3n) is 3.23. The molecule has 0 N–H and O–H groups in total. The fourth-order valence-electron chi connectivity index (χ4n) is 2.24. The standard InChI is InChI=1S/C14H16O3/c1-17-13-7-5-10(6-8-13)14(16)11-3-2-4-12(15)9-11/h5-8,11H,2-4,9H2,1H3. The van der Waals surface area contributed by atoms with Gasteiger partial charge in [0.1, 0.15) is 11.5 Å². The molecule has 3 nitrogen and oxygen atoms in total. The quantitative estimate of drug-likeness (QED) is 0.752. The second-order valence-electron chi connectivity index (χ2n) is 4.42. The zero-order chi connectivity index (χ0) is 12.3. The van der Waals surface area contributed by atoms with E-state index in [4.69, 9.17) is 4.74 Å². The van der Waals surface area contributed by atoms with Crippen LogP contribution in [0.2, 0.25) is 0 Å². The lowest BCUT2D eigenvalue weighted by Gasteiger charge is -2.19. The van der Waals surface area contributed by atoms with E-state index < -0.39 is 0 Å². The van der Waals surface area contributed by atoms with Crippen LogP contribution in [0.1, 0.15) is 36.0 Å². The van der Waals surface area contributed by atoms with Gasteiger partial charge in [-0.2, -0.15) is 0 Å². The van der Waals surface area contributed by atoms with Crippen molar-refractivity contribution in [3.8, 4) is 5.75 Å². The van der Waals surface area contributed by atoms with Crippen LogP contribution in [0.15, 0.2) is 24.3 Å². The lowest BCUT2D eigenvalue weighted by molar-refractivity contribution is -0.121. The Morgan fingerprint density at radius 2 is 2.00 bits per heavy atom. The molecule has 1 aromatic rings. The molecule has 0 aromatic heterocycles. The average molecular weight is 232 g/mol. The summed E-state index contributed by atoms with van der Waals surface area (Å²) in [5, 5.41) is 0. The van der Waals surface area contributed by atoms with Crippen molar-refractivity contribution in [3.63, 3.8) is 0 Å². The van der Waals surface area contributed by atoms with E-state index in [1.807, 2.05) is 0 Å². The van der Waals surface area contributed by atoms with Gasteiger partial charge in [-0.05, 0) is 37.1 Å². The first kappa shape index (κ1) is 11.8. The summed E-state index contributed by atoms with van der Waals surface area (Å²) < 4.78 is 5.05. The maximum absolute atomic E-state index is 12.2. The van der Waals surface area contributed by atoms with Crippen molar-refractivity contribution in [1.82, 2.24) is 0 Å². The van der Waals surface area contributed by atoms with Gasteiger partial charge >= 0.3 is 0 Å². The highest BCUT2D eigenvalue weighted by molar-refractivity contribution is 6.00. The van der Waals surface area contributed by atoms with E-state index in [0.29, 0.717) is 18.4 Å². The minimum Gasteiger partial charge on any atom is -0.497 e. The average Bonchev–Trinajstić information content (AvgIpc) is 2.38. The molecule has 0 heterocycles. The fraction of sp³-hybridized carbons (Fsp3) is 0.429. The van der Waals surface area contributed by atoms with Gasteiger partial charge in [0.2, 0.25) is 0 Å². The van der Waals surface area contributed by atoms with E-state index in [-0.39, 0.29) is 17.5 Å². The lowest BCUT2D eigenvalue weighted by atomic mass is 9.83. The third kappa shape index (κ3) is 2.73. The number of carbonyl (C=O) groups excluding carboxylic acids is 2. The van der Waals surface area contributed by atoms with Gasteiger partial charge in [-0.1, -0.05) is 0 Å². The second kappa shape index (κ2) is 5.13. The topological polar surface area (TPSA) is 43.4 Å². The van der Waals surface area contributed by atoms with E-state index >= 15 is 0 Å². The molecule has 3 heteroatoms. The van der Waals surface area contributed by atoms with Crippen LogP contribution in [0.3, 0.4) is 0 Å². The van der Waals surface area contributed by atoms with Gasteiger partial charge in [-0.25, -0.2) is 0 Å². The number of ketones is 2.